The zero-order chi connectivity index (χ0) is 20.9. The molecule has 0 radical (unpaired) electrons. The number of ether oxygens (including phenoxy) is 1. The second-order valence-electron chi connectivity index (χ2n) is 9.56. The summed E-state index contributed by atoms with van der Waals surface area (Å²) in [5.41, 5.74) is 6.14. The molecule has 0 bridgehead atoms. The van der Waals surface area contributed by atoms with Gasteiger partial charge in [-0.1, -0.05) is 12.1 Å². The third-order valence-electron chi connectivity index (χ3n) is 7.92. The minimum absolute atomic E-state index is 0.0965. The van der Waals surface area contributed by atoms with Crippen molar-refractivity contribution < 1.29 is 9.53 Å². The molecule has 1 aliphatic carbocycles. The number of aromatic amines is 1. The maximum Gasteiger partial charge on any atom is 0.270 e. The summed E-state index contributed by atoms with van der Waals surface area (Å²) in [4.78, 5) is 21.2. The van der Waals surface area contributed by atoms with E-state index in [1.807, 2.05) is 11.0 Å². The van der Waals surface area contributed by atoms with Crippen LogP contribution in [0.3, 0.4) is 0 Å². The number of H-pyrrole nitrogens is 1. The molecule has 2 aromatic rings. The highest BCUT2D eigenvalue weighted by Crippen LogP contribution is 2.49. The van der Waals surface area contributed by atoms with Crippen molar-refractivity contribution in [3.8, 4) is 5.75 Å². The van der Waals surface area contributed by atoms with E-state index in [1.165, 1.54) is 22.4 Å². The molecule has 1 aromatic carbocycles. The molecule has 2 saturated heterocycles. The van der Waals surface area contributed by atoms with Crippen molar-refractivity contribution in [3.63, 3.8) is 0 Å². The molecular weight excluding hydrogens is 374 g/mol. The van der Waals surface area contributed by atoms with Gasteiger partial charge in [-0.15, -0.1) is 0 Å². The monoisotopic (exact) mass is 407 g/mol. The van der Waals surface area contributed by atoms with E-state index in [2.05, 4.69) is 42.1 Å². The molecule has 0 spiro atoms. The van der Waals surface area contributed by atoms with E-state index in [-0.39, 0.29) is 11.3 Å². The number of hydrogen-bond acceptors (Lipinski definition) is 3. The topological polar surface area (TPSA) is 48.6 Å². The number of likely N-dealkylation sites (tertiary alicyclic amines) is 2. The lowest BCUT2D eigenvalue weighted by atomic mass is 9.58. The molecule has 30 heavy (non-hydrogen) atoms. The van der Waals surface area contributed by atoms with Crippen LogP contribution in [-0.4, -0.2) is 61.0 Å². The average molecular weight is 408 g/mol. The van der Waals surface area contributed by atoms with E-state index >= 15 is 0 Å². The van der Waals surface area contributed by atoms with E-state index in [0.29, 0.717) is 5.92 Å². The third-order valence-corrected chi connectivity index (χ3v) is 7.92. The number of nitrogens with zero attached hydrogens (tertiary/aromatic N) is 2. The van der Waals surface area contributed by atoms with Crippen LogP contribution in [0, 0.1) is 12.8 Å². The lowest BCUT2D eigenvalue weighted by Crippen LogP contribution is -2.52. The second kappa shape index (κ2) is 7.45. The van der Waals surface area contributed by atoms with E-state index < -0.39 is 0 Å². The molecule has 0 unspecified atom stereocenters. The number of rotatable bonds is 3. The molecule has 2 fully saturated rings. The molecule has 3 heterocycles. The standard InChI is InChI=1S/C25H33N3O2/c1-17-21-14-19-16-27(2)12-9-25(19,18-7-6-8-20(13-18)30-3)15-22(21)26-23(17)24(29)28-10-4-5-11-28/h6-8,13,19,26H,4-5,9-12,14-16H2,1-3H3/t19-,25+/m0/s1. The average Bonchev–Trinajstić information content (AvgIpc) is 3.41. The first kappa shape index (κ1) is 19.7. The summed E-state index contributed by atoms with van der Waals surface area (Å²) in [5, 5.41) is 0. The molecule has 1 N–H and O–H groups in total. The van der Waals surface area contributed by atoms with Gasteiger partial charge in [0.15, 0.2) is 0 Å². The van der Waals surface area contributed by atoms with Gasteiger partial charge in [-0.25, -0.2) is 0 Å². The molecule has 5 nitrogen and oxygen atoms in total. The Bertz CT molecular complexity index is 959. The quantitative estimate of drug-likeness (QED) is 0.846. The Hall–Kier alpha value is -2.27. The summed E-state index contributed by atoms with van der Waals surface area (Å²) in [6.07, 6.45) is 5.39. The van der Waals surface area contributed by atoms with E-state index in [1.54, 1.807) is 7.11 Å². The fourth-order valence-electron chi connectivity index (χ4n) is 6.12. The van der Waals surface area contributed by atoms with Crippen molar-refractivity contribution >= 4 is 5.91 Å². The number of piperidine rings is 1. The molecule has 2 atom stereocenters. The first-order valence-corrected chi connectivity index (χ1v) is 11.3. The summed E-state index contributed by atoms with van der Waals surface area (Å²) in [5.74, 6) is 1.66. The second-order valence-corrected chi connectivity index (χ2v) is 9.56. The number of nitrogens with one attached hydrogen (secondary N) is 1. The molecule has 5 heteroatoms. The first-order valence-electron chi connectivity index (χ1n) is 11.3. The largest absolute Gasteiger partial charge is 0.497 e. The minimum Gasteiger partial charge on any atom is -0.497 e. The van der Waals surface area contributed by atoms with E-state index in [0.717, 1.165) is 69.7 Å². The number of methoxy groups -OCH3 is 1. The van der Waals surface area contributed by atoms with Crippen molar-refractivity contribution in [2.45, 2.75) is 44.4 Å². The molecule has 160 valence electrons. The highest BCUT2D eigenvalue weighted by atomic mass is 16.5. The molecular formula is C25H33N3O2. The van der Waals surface area contributed by atoms with Crippen molar-refractivity contribution in [3.05, 3.63) is 52.3 Å². The number of carbonyl (C=O) groups is 1. The van der Waals surface area contributed by atoms with Gasteiger partial charge in [0.25, 0.3) is 5.91 Å². The fraction of sp³-hybridized carbons (Fsp3) is 0.560. The van der Waals surface area contributed by atoms with Gasteiger partial charge in [0.05, 0.1) is 7.11 Å². The Balaban J connectivity index is 1.56. The van der Waals surface area contributed by atoms with Crippen LogP contribution in [-0.2, 0) is 18.3 Å². The van der Waals surface area contributed by atoms with Crippen molar-refractivity contribution in [1.82, 2.24) is 14.8 Å². The molecule has 0 saturated carbocycles. The molecule has 1 aromatic heterocycles. The predicted molar refractivity (Wildman–Crippen MR) is 118 cm³/mol. The third kappa shape index (κ3) is 3.06. The zero-order valence-electron chi connectivity index (χ0n) is 18.5. The lowest BCUT2D eigenvalue weighted by Gasteiger charge is -2.50. The van der Waals surface area contributed by atoms with Crippen LogP contribution >= 0.6 is 0 Å². The highest BCUT2D eigenvalue weighted by Gasteiger charge is 2.48. The number of hydrogen-bond donors (Lipinski definition) is 1. The summed E-state index contributed by atoms with van der Waals surface area (Å²) < 4.78 is 5.56. The van der Waals surface area contributed by atoms with Gasteiger partial charge in [-0.2, -0.15) is 0 Å². The van der Waals surface area contributed by atoms with Crippen molar-refractivity contribution in [2.75, 3.05) is 40.3 Å². The Morgan fingerprint density at radius 2 is 2.03 bits per heavy atom. The van der Waals surface area contributed by atoms with Gasteiger partial charge in [0, 0.05) is 30.7 Å². The van der Waals surface area contributed by atoms with Crippen LogP contribution < -0.4 is 4.74 Å². The minimum atomic E-state index is 0.0965. The predicted octanol–water partition coefficient (Wildman–Crippen LogP) is 3.56. The number of amides is 1. The number of carbonyl (C=O) groups excluding carboxylic acids is 1. The van der Waals surface area contributed by atoms with Crippen molar-refractivity contribution in [2.24, 2.45) is 5.92 Å². The smallest absolute Gasteiger partial charge is 0.270 e. The first-order chi connectivity index (χ1) is 14.5. The summed E-state index contributed by atoms with van der Waals surface area (Å²) in [7, 11) is 3.98. The molecule has 3 aliphatic rings. The Morgan fingerprint density at radius 1 is 1.23 bits per heavy atom. The summed E-state index contributed by atoms with van der Waals surface area (Å²) in [6.45, 7) is 6.12. The zero-order valence-corrected chi connectivity index (χ0v) is 18.5. The lowest BCUT2D eigenvalue weighted by molar-refractivity contribution is 0.0786. The van der Waals surface area contributed by atoms with Gasteiger partial charge < -0.3 is 19.5 Å². The Morgan fingerprint density at radius 3 is 2.80 bits per heavy atom. The van der Waals surface area contributed by atoms with E-state index in [4.69, 9.17) is 4.74 Å². The van der Waals surface area contributed by atoms with Gasteiger partial charge in [0.1, 0.15) is 11.4 Å². The molecule has 2 aliphatic heterocycles. The number of benzene rings is 1. The Kier molecular flexibility index (Phi) is 4.89. The van der Waals surface area contributed by atoms with Gasteiger partial charge in [-0.05, 0) is 87.4 Å². The fourth-order valence-corrected chi connectivity index (χ4v) is 6.12. The van der Waals surface area contributed by atoms with Gasteiger partial charge in [0.2, 0.25) is 0 Å². The van der Waals surface area contributed by atoms with Crippen LogP contribution in [0.4, 0.5) is 0 Å². The summed E-state index contributed by atoms with van der Waals surface area (Å²) >= 11 is 0. The molecule has 5 rings (SSSR count). The SMILES string of the molecule is COc1cccc([C@]23CCN(C)C[C@@H]2Cc2c([nH]c(C(=O)N4CCCC4)c2C)C3)c1. The normalized spacial score (nSPS) is 26.4. The van der Waals surface area contributed by atoms with Crippen LogP contribution in [0.2, 0.25) is 0 Å². The Labute approximate surface area is 179 Å². The maximum atomic E-state index is 13.2. The van der Waals surface area contributed by atoms with Crippen LogP contribution in [0.1, 0.15) is 52.1 Å². The number of fused-ring (bicyclic) bond motifs is 2. The highest BCUT2D eigenvalue weighted by molar-refractivity contribution is 5.94. The van der Waals surface area contributed by atoms with Crippen LogP contribution in [0.15, 0.2) is 24.3 Å². The van der Waals surface area contributed by atoms with Gasteiger partial charge >= 0.3 is 0 Å². The van der Waals surface area contributed by atoms with E-state index in [9.17, 15) is 4.79 Å². The van der Waals surface area contributed by atoms with Gasteiger partial charge in [-0.3, -0.25) is 4.79 Å². The number of aromatic nitrogens is 1. The van der Waals surface area contributed by atoms with Crippen LogP contribution in [0.5, 0.6) is 5.75 Å². The van der Waals surface area contributed by atoms with Crippen molar-refractivity contribution in [1.29, 1.82) is 0 Å². The van der Waals surface area contributed by atoms with Crippen LogP contribution in [0.25, 0.3) is 0 Å². The molecule has 1 amide bonds. The summed E-state index contributed by atoms with van der Waals surface area (Å²) in [6, 6.07) is 8.66. The maximum absolute atomic E-state index is 13.2.